The Kier molecular flexibility index (Phi) is 4.65. The molecule has 0 aliphatic heterocycles. The van der Waals surface area contributed by atoms with E-state index in [-0.39, 0.29) is 0 Å². The van der Waals surface area contributed by atoms with Gasteiger partial charge >= 0.3 is 0 Å². The average Bonchev–Trinajstić information content (AvgIpc) is 3.51. The van der Waals surface area contributed by atoms with Crippen molar-refractivity contribution in [3.05, 3.63) is 133 Å². The van der Waals surface area contributed by atoms with E-state index in [1.165, 1.54) is 54.9 Å². The molecule has 7 aromatic rings. The third-order valence-corrected chi connectivity index (χ3v) is 7.79. The number of para-hydroxylation sites is 3. The summed E-state index contributed by atoms with van der Waals surface area (Å²) in [5, 5.41) is 5.02. The van der Waals surface area contributed by atoms with E-state index in [1.54, 1.807) is 0 Å². The van der Waals surface area contributed by atoms with Crippen molar-refractivity contribution < 1.29 is 0 Å². The van der Waals surface area contributed by atoms with Gasteiger partial charge in [-0.25, -0.2) is 4.98 Å². The molecule has 0 unspecified atom stereocenters. The first-order chi connectivity index (χ1) is 18.9. The topological polar surface area (TPSA) is 22.8 Å². The van der Waals surface area contributed by atoms with Crippen molar-refractivity contribution in [3.8, 4) is 11.5 Å². The number of hydrogen-bond donors (Lipinski definition) is 0. The van der Waals surface area contributed by atoms with Gasteiger partial charge in [0.25, 0.3) is 0 Å². The van der Waals surface area contributed by atoms with Crippen molar-refractivity contribution in [1.29, 1.82) is 0 Å². The van der Waals surface area contributed by atoms with Gasteiger partial charge in [-0.05, 0) is 60.9 Å². The van der Waals surface area contributed by atoms with Gasteiger partial charge in [-0.1, -0.05) is 85.0 Å². The van der Waals surface area contributed by atoms with Gasteiger partial charge in [0.05, 0.1) is 27.8 Å². The van der Waals surface area contributed by atoms with Crippen LogP contribution in [0.25, 0.3) is 60.7 Å². The summed E-state index contributed by atoms with van der Waals surface area (Å²) in [6.45, 7) is 0. The molecule has 1 aliphatic rings. The first-order valence-corrected chi connectivity index (χ1v) is 13.2. The Bertz CT molecular complexity index is 2070. The van der Waals surface area contributed by atoms with E-state index >= 15 is 0 Å². The Labute approximate surface area is 220 Å². The van der Waals surface area contributed by atoms with E-state index in [2.05, 4.69) is 137 Å². The van der Waals surface area contributed by atoms with Crippen LogP contribution < -0.4 is 0 Å². The van der Waals surface area contributed by atoms with Crippen molar-refractivity contribution in [2.75, 3.05) is 0 Å². The first-order valence-electron chi connectivity index (χ1n) is 13.2. The first kappa shape index (κ1) is 21.2. The van der Waals surface area contributed by atoms with Crippen LogP contribution in [0.4, 0.5) is 0 Å². The number of aromatic nitrogens is 3. The number of fused-ring (bicyclic) bond motifs is 7. The molecule has 3 nitrogen and oxygen atoms in total. The molecule has 3 heterocycles. The van der Waals surface area contributed by atoms with Crippen molar-refractivity contribution in [1.82, 2.24) is 14.1 Å². The summed E-state index contributed by atoms with van der Waals surface area (Å²) in [4.78, 5) is 5.20. The maximum atomic E-state index is 5.20. The highest BCUT2D eigenvalue weighted by Gasteiger charge is 2.21. The van der Waals surface area contributed by atoms with Crippen molar-refractivity contribution in [3.63, 3.8) is 0 Å². The molecule has 3 aromatic heterocycles. The van der Waals surface area contributed by atoms with Crippen LogP contribution in [0.5, 0.6) is 0 Å². The lowest BCUT2D eigenvalue weighted by Crippen LogP contribution is -2.01. The van der Waals surface area contributed by atoms with Crippen LogP contribution in [0.1, 0.15) is 18.5 Å². The summed E-state index contributed by atoms with van der Waals surface area (Å²) >= 11 is 0. The second kappa shape index (κ2) is 8.32. The summed E-state index contributed by atoms with van der Waals surface area (Å²) in [7, 11) is 0. The monoisotopic (exact) mass is 487 g/mol. The van der Waals surface area contributed by atoms with E-state index < -0.39 is 0 Å². The highest BCUT2D eigenvalue weighted by Crippen LogP contribution is 2.41. The van der Waals surface area contributed by atoms with Crippen LogP contribution in [0.2, 0.25) is 0 Å². The number of rotatable bonds is 3. The normalized spacial score (nSPS) is 13.6. The maximum absolute atomic E-state index is 5.20. The fourth-order valence-corrected chi connectivity index (χ4v) is 6.14. The zero-order valence-corrected chi connectivity index (χ0v) is 20.9. The molecule has 180 valence electrons. The minimum absolute atomic E-state index is 0.950. The highest BCUT2D eigenvalue weighted by molar-refractivity contribution is 6.26. The minimum Gasteiger partial charge on any atom is -0.309 e. The van der Waals surface area contributed by atoms with Crippen molar-refractivity contribution in [2.45, 2.75) is 12.8 Å². The predicted molar refractivity (Wildman–Crippen MR) is 159 cm³/mol. The molecule has 38 heavy (non-hydrogen) atoms. The molecule has 3 heteroatoms. The van der Waals surface area contributed by atoms with Crippen LogP contribution in [-0.2, 0) is 0 Å². The van der Waals surface area contributed by atoms with Gasteiger partial charge in [0, 0.05) is 27.2 Å². The SMILES string of the molecule is C1=CCCC(c2cccc(-n3c4ccccc4c4c3ccc3c5ccccc5n(-c5ccccc5)c34)n2)=C1. The van der Waals surface area contributed by atoms with Gasteiger partial charge in [0.2, 0.25) is 0 Å². The van der Waals surface area contributed by atoms with Crippen LogP contribution in [0.3, 0.4) is 0 Å². The molecular weight excluding hydrogens is 462 g/mol. The second-order valence-electron chi connectivity index (χ2n) is 9.94. The predicted octanol–water partition coefficient (Wildman–Crippen LogP) is 9.01. The summed E-state index contributed by atoms with van der Waals surface area (Å²) in [6.07, 6.45) is 8.65. The molecule has 4 aromatic carbocycles. The molecule has 0 radical (unpaired) electrons. The van der Waals surface area contributed by atoms with Crippen molar-refractivity contribution in [2.24, 2.45) is 0 Å². The van der Waals surface area contributed by atoms with Gasteiger partial charge in [-0.15, -0.1) is 0 Å². The Balaban J connectivity index is 1.52. The van der Waals surface area contributed by atoms with Crippen LogP contribution in [0, 0.1) is 0 Å². The number of nitrogens with zero attached hydrogens (tertiary/aromatic N) is 3. The number of pyridine rings is 1. The number of hydrogen-bond acceptors (Lipinski definition) is 1. The summed E-state index contributed by atoms with van der Waals surface area (Å²) in [5.41, 5.74) is 8.30. The van der Waals surface area contributed by atoms with Gasteiger partial charge in [-0.2, -0.15) is 0 Å². The molecule has 0 N–H and O–H groups in total. The summed E-state index contributed by atoms with van der Waals surface area (Å²) < 4.78 is 4.76. The van der Waals surface area contributed by atoms with Crippen LogP contribution >= 0.6 is 0 Å². The fourth-order valence-electron chi connectivity index (χ4n) is 6.14. The molecule has 0 fully saturated rings. The van der Waals surface area contributed by atoms with E-state index in [9.17, 15) is 0 Å². The van der Waals surface area contributed by atoms with Gasteiger partial charge in [0.15, 0.2) is 0 Å². The molecule has 1 aliphatic carbocycles. The molecule has 0 spiro atoms. The van der Waals surface area contributed by atoms with E-state index in [0.29, 0.717) is 0 Å². The minimum atomic E-state index is 0.950. The third kappa shape index (κ3) is 3.05. The molecule has 0 bridgehead atoms. The summed E-state index contributed by atoms with van der Waals surface area (Å²) in [6, 6.07) is 39.1. The second-order valence-corrected chi connectivity index (χ2v) is 9.94. The Morgan fingerprint density at radius 2 is 1.34 bits per heavy atom. The molecule has 0 atom stereocenters. The molecule has 8 rings (SSSR count). The molecular formula is C35H25N3. The quantitative estimate of drug-likeness (QED) is 0.244. The largest absolute Gasteiger partial charge is 0.309 e. The van der Waals surface area contributed by atoms with E-state index in [4.69, 9.17) is 4.98 Å². The zero-order valence-electron chi connectivity index (χ0n) is 20.9. The van der Waals surface area contributed by atoms with Crippen LogP contribution in [-0.4, -0.2) is 14.1 Å². The molecule has 0 saturated heterocycles. The number of benzene rings is 4. The van der Waals surface area contributed by atoms with Gasteiger partial charge in [-0.3, -0.25) is 4.57 Å². The fraction of sp³-hybridized carbons (Fsp3) is 0.0571. The summed E-state index contributed by atoms with van der Waals surface area (Å²) in [5.74, 6) is 0.950. The highest BCUT2D eigenvalue weighted by atomic mass is 15.1. The van der Waals surface area contributed by atoms with Crippen LogP contribution in [0.15, 0.2) is 127 Å². The van der Waals surface area contributed by atoms with Crippen molar-refractivity contribution >= 4 is 49.2 Å². The van der Waals surface area contributed by atoms with E-state index in [1.807, 2.05) is 0 Å². The number of allylic oxidation sites excluding steroid dienone is 4. The smallest absolute Gasteiger partial charge is 0.138 e. The molecule has 0 amide bonds. The Morgan fingerprint density at radius 1 is 0.579 bits per heavy atom. The lowest BCUT2D eigenvalue weighted by molar-refractivity contribution is 1.02. The standard InChI is InChI=1S/C35H25N3/c1-3-12-24(13-4-1)29-18-11-21-33(36-29)38-31-20-10-8-17-28(31)34-32(38)23-22-27-26-16-7-9-19-30(26)37(35(27)34)25-14-5-2-6-15-25/h1-3,5-12,14-23H,4,13H2. The Morgan fingerprint density at radius 3 is 2.16 bits per heavy atom. The third-order valence-electron chi connectivity index (χ3n) is 7.79. The van der Waals surface area contributed by atoms with Gasteiger partial charge in [0.1, 0.15) is 5.82 Å². The van der Waals surface area contributed by atoms with Gasteiger partial charge < -0.3 is 4.57 Å². The average molecular weight is 488 g/mol. The lowest BCUT2D eigenvalue weighted by atomic mass is 10.0. The molecule has 0 saturated carbocycles. The lowest BCUT2D eigenvalue weighted by Gasteiger charge is -2.12. The maximum Gasteiger partial charge on any atom is 0.138 e. The van der Waals surface area contributed by atoms with E-state index in [0.717, 1.165) is 24.4 Å². The Hall–Kier alpha value is -4.89. The zero-order chi connectivity index (χ0) is 25.1.